The topological polar surface area (TPSA) is 53.1 Å². The van der Waals surface area contributed by atoms with Crippen molar-refractivity contribution in [2.45, 2.75) is 6.04 Å². The van der Waals surface area contributed by atoms with Crippen molar-refractivity contribution in [3.8, 4) is 5.75 Å². The van der Waals surface area contributed by atoms with Gasteiger partial charge in [-0.2, -0.15) is 0 Å². The molecule has 5 rings (SSSR count). The number of rotatable bonds is 4. The van der Waals surface area contributed by atoms with Crippen LogP contribution in [0.1, 0.15) is 21.3 Å². The van der Waals surface area contributed by atoms with E-state index in [1.165, 1.54) is 11.3 Å². The van der Waals surface area contributed by atoms with E-state index >= 15 is 0 Å². The Morgan fingerprint density at radius 1 is 0.906 bits per heavy atom. The zero-order chi connectivity index (χ0) is 21.9. The van der Waals surface area contributed by atoms with Crippen LogP contribution in [-0.2, 0) is 4.79 Å². The molecule has 32 heavy (non-hydrogen) atoms. The lowest BCUT2D eigenvalue weighted by Crippen LogP contribution is -2.52. The SMILES string of the molecule is O=C(c1cccs1)N1CCN(CC(=O)N2c3ccccc3OCC2c2ccccc2)CC1. The van der Waals surface area contributed by atoms with Crippen molar-refractivity contribution in [3.05, 3.63) is 82.6 Å². The first-order chi connectivity index (χ1) is 15.7. The van der Waals surface area contributed by atoms with Gasteiger partial charge in [-0.05, 0) is 29.1 Å². The number of para-hydroxylation sites is 2. The molecule has 1 atom stereocenters. The normalized spacial score (nSPS) is 18.7. The lowest BCUT2D eigenvalue weighted by molar-refractivity contribution is -0.121. The minimum Gasteiger partial charge on any atom is -0.489 e. The summed E-state index contributed by atoms with van der Waals surface area (Å²) in [6.45, 7) is 3.38. The Kier molecular flexibility index (Phi) is 5.92. The van der Waals surface area contributed by atoms with Crippen LogP contribution in [0.2, 0.25) is 0 Å². The third-order valence-electron chi connectivity index (χ3n) is 6.04. The van der Waals surface area contributed by atoms with Gasteiger partial charge in [0.15, 0.2) is 0 Å². The Morgan fingerprint density at radius 2 is 1.66 bits per heavy atom. The molecule has 1 fully saturated rings. The van der Waals surface area contributed by atoms with Crippen molar-refractivity contribution in [1.29, 1.82) is 0 Å². The molecule has 2 aromatic carbocycles. The third kappa shape index (κ3) is 4.13. The quantitative estimate of drug-likeness (QED) is 0.612. The number of carbonyl (C=O) groups excluding carboxylic acids is 2. The minimum atomic E-state index is -0.166. The summed E-state index contributed by atoms with van der Waals surface area (Å²) in [6.07, 6.45) is 0. The summed E-state index contributed by atoms with van der Waals surface area (Å²) in [7, 11) is 0. The maximum atomic E-state index is 13.6. The van der Waals surface area contributed by atoms with E-state index in [4.69, 9.17) is 4.74 Å². The number of hydrogen-bond acceptors (Lipinski definition) is 5. The molecular formula is C25H25N3O3S. The predicted octanol–water partition coefficient (Wildman–Crippen LogP) is 3.67. The van der Waals surface area contributed by atoms with Gasteiger partial charge < -0.3 is 9.64 Å². The molecule has 3 heterocycles. The van der Waals surface area contributed by atoms with Gasteiger partial charge in [0.25, 0.3) is 5.91 Å². The number of piperazine rings is 1. The Morgan fingerprint density at radius 3 is 2.41 bits per heavy atom. The summed E-state index contributed by atoms with van der Waals surface area (Å²) >= 11 is 1.47. The van der Waals surface area contributed by atoms with Gasteiger partial charge in [0.05, 0.1) is 23.2 Å². The second kappa shape index (κ2) is 9.14. The first-order valence-electron chi connectivity index (χ1n) is 10.8. The number of amides is 2. The largest absolute Gasteiger partial charge is 0.489 e. The Labute approximate surface area is 191 Å². The molecule has 2 aliphatic rings. The van der Waals surface area contributed by atoms with Gasteiger partial charge in [-0.1, -0.05) is 48.5 Å². The van der Waals surface area contributed by atoms with Gasteiger partial charge in [0.1, 0.15) is 12.4 Å². The summed E-state index contributed by atoms with van der Waals surface area (Å²) < 4.78 is 5.99. The van der Waals surface area contributed by atoms with Crippen LogP contribution in [-0.4, -0.2) is 60.9 Å². The Balaban J connectivity index is 1.30. The monoisotopic (exact) mass is 447 g/mol. The fraction of sp³-hybridized carbons (Fsp3) is 0.280. The zero-order valence-corrected chi connectivity index (χ0v) is 18.5. The number of carbonyl (C=O) groups is 2. The van der Waals surface area contributed by atoms with Crippen LogP contribution in [0.5, 0.6) is 5.75 Å². The van der Waals surface area contributed by atoms with Crippen molar-refractivity contribution >= 4 is 28.8 Å². The number of benzene rings is 2. The summed E-state index contributed by atoms with van der Waals surface area (Å²) in [5, 5.41) is 1.92. The molecule has 0 radical (unpaired) electrons. The number of nitrogens with zero attached hydrogens (tertiary/aromatic N) is 3. The number of anilines is 1. The fourth-order valence-corrected chi connectivity index (χ4v) is 5.04. The average molecular weight is 448 g/mol. The lowest BCUT2D eigenvalue weighted by Gasteiger charge is -2.39. The summed E-state index contributed by atoms with van der Waals surface area (Å²) in [6, 6.07) is 21.3. The highest BCUT2D eigenvalue weighted by Gasteiger charge is 2.34. The van der Waals surface area contributed by atoms with Crippen LogP contribution in [0.25, 0.3) is 0 Å². The minimum absolute atomic E-state index is 0.0487. The zero-order valence-electron chi connectivity index (χ0n) is 17.7. The van der Waals surface area contributed by atoms with E-state index in [0.717, 1.165) is 21.9 Å². The number of ether oxygens (including phenoxy) is 1. The molecule has 3 aromatic rings. The van der Waals surface area contributed by atoms with Crippen LogP contribution in [0.4, 0.5) is 5.69 Å². The fourth-order valence-electron chi connectivity index (χ4n) is 4.35. The second-order valence-corrected chi connectivity index (χ2v) is 8.96. The summed E-state index contributed by atoms with van der Waals surface area (Å²) in [5.74, 6) is 0.865. The van der Waals surface area contributed by atoms with Gasteiger partial charge in [-0.25, -0.2) is 0 Å². The summed E-state index contributed by atoms with van der Waals surface area (Å²) in [5.41, 5.74) is 1.87. The lowest BCUT2D eigenvalue weighted by atomic mass is 10.0. The van der Waals surface area contributed by atoms with Crippen molar-refractivity contribution in [1.82, 2.24) is 9.80 Å². The van der Waals surface area contributed by atoms with Crippen molar-refractivity contribution < 1.29 is 14.3 Å². The molecule has 1 saturated heterocycles. The van der Waals surface area contributed by atoms with Gasteiger partial charge in [0.2, 0.25) is 5.91 Å². The van der Waals surface area contributed by atoms with E-state index in [1.807, 2.05) is 81.9 Å². The summed E-state index contributed by atoms with van der Waals surface area (Å²) in [4.78, 5) is 32.8. The molecule has 2 aliphatic heterocycles. The van der Waals surface area contributed by atoms with Crippen molar-refractivity contribution in [3.63, 3.8) is 0 Å². The first kappa shape index (κ1) is 20.7. The molecule has 0 aliphatic carbocycles. The maximum absolute atomic E-state index is 13.6. The first-order valence-corrected chi connectivity index (χ1v) is 11.7. The number of fused-ring (bicyclic) bond motifs is 1. The highest BCUT2D eigenvalue weighted by Crippen LogP contribution is 2.39. The van der Waals surface area contributed by atoms with Gasteiger partial charge in [0, 0.05) is 26.2 Å². The van der Waals surface area contributed by atoms with E-state index in [9.17, 15) is 9.59 Å². The van der Waals surface area contributed by atoms with E-state index in [-0.39, 0.29) is 17.9 Å². The number of hydrogen-bond donors (Lipinski definition) is 0. The molecule has 7 heteroatoms. The second-order valence-electron chi connectivity index (χ2n) is 8.01. The molecule has 1 unspecified atom stereocenters. The third-order valence-corrected chi connectivity index (χ3v) is 6.89. The van der Waals surface area contributed by atoms with Crippen LogP contribution in [0.15, 0.2) is 72.1 Å². The van der Waals surface area contributed by atoms with Gasteiger partial charge in [-0.15, -0.1) is 11.3 Å². The van der Waals surface area contributed by atoms with Crippen LogP contribution in [0.3, 0.4) is 0 Å². The van der Waals surface area contributed by atoms with Crippen LogP contribution in [0, 0.1) is 0 Å². The van der Waals surface area contributed by atoms with Gasteiger partial charge in [-0.3, -0.25) is 19.4 Å². The van der Waals surface area contributed by atoms with Crippen LogP contribution < -0.4 is 9.64 Å². The smallest absolute Gasteiger partial charge is 0.264 e. The Hall–Kier alpha value is -3.16. The standard InChI is InChI=1S/C25H25N3O3S/c29-24(17-26-12-14-27(15-13-26)25(30)23-11-6-16-32-23)28-20-9-4-5-10-22(20)31-18-21(28)19-7-2-1-3-8-19/h1-11,16,21H,12-15,17-18H2. The molecule has 0 bridgehead atoms. The van der Waals surface area contributed by atoms with E-state index in [2.05, 4.69) is 4.90 Å². The molecular weight excluding hydrogens is 422 g/mol. The molecule has 0 saturated carbocycles. The predicted molar refractivity (Wildman–Crippen MR) is 125 cm³/mol. The average Bonchev–Trinajstić information content (AvgIpc) is 3.39. The molecule has 1 aromatic heterocycles. The van der Waals surface area contributed by atoms with E-state index < -0.39 is 0 Å². The highest BCUT2D eigenvalue weighted by atomic mass is 32.1. The van der Waals surface area contributed by atoms with E-state index in [0.29, 0.717) is 39.3 Å². The van der Waals surface area contributed by atoms with Crippen molar-refractivity contribution in [2.75, 3.05) is 44.2 Å². The molecule has 164 valence electrons. The molecule has 2 amide bonds. The molecule has 6 nitrogen and oxygen atoms in total. The highest BCUT2D eigenvalue weighted by molar-refractivity contribution is 7.12. The molecule has 0 spiro atoms. The van der Waals surface area contributed by atoms with Crippen LogP contribution >= 0.6 is 11.3 Å². The Bertz CT molecular complexity index is 1080. The maximum Gasteiger partial charge on any atom is 0.264 e. The molecule has 0 N–H and O–H groups in total. The number of thiophene rings is 1. The van der Waals surface area contributed by atoms with E-state index in [1.54, 1.807) is 0 Å². The van der Waals surface area contributed by atoms with Gasteiger partial charge >= 0.3 is 0 Å². The van der Waals surface area contributed by atoms with Crippen molar-refractivity contribution in [2.24, 2.45) is 0 Å².